The summed E-state index contributed by atoms with van der Waals surface area (Å²) >= 11 is 3.62. The Hall–Kier alpha value is -1.09. The van der Waals surface area contributed by atoms with Gasteiger partial charge < -0.3 is 4.57 Å². The van der Waals surface area contributed by atoms with Gasteiger partial charge in [-0.3, -0.25) is 4.79 Å². The fourth-order valence-corrected chi connectivity index (χ4v) is 3.61. The van der Waals surface area contributed by atoms with E-state index >= 15 is 0 Å². The van der Waals surface area contributed by atoms with Gasteiger partial charge in [-0.05, 0) is 41.8 Å². The van der Waals surface area contributed by atoms with Crippen LogP contribution in [-0.4, -0.2) is 4.57 Å². The Kier molecular flexibility index (Phi) is 3.48. The number of hydrogen-bond acceptors (Lipinski definition) is 1. The molecule has 0 N–H and O–H groups in total. The van der Waals surface area contributed by atoms with Crippen molar-refractivity contribution in [1.82, 2.24) is 4.57 Å². The minimum Gasteiger partial charge on any atom is -0.311 e. The van der Waals surface area contributed by atoms with Gasteiger partial charge in [0.05, 0.1) is 0 Å². The Morgan fingerprint density at radius 3 is 2.63 bits per heavy atom. The van der Waals surface area contributed by atoms with E-state index in [0.717, 1.165) is 28.1 Å². The second-order valence-corrected chi connectivity index (χ2v) is 6.38. The van der Waals surface area contributed by atoms with E-state index in [9.17, 15) is 4.79 Å². The average Bonchev–Trinajstić information content (AvgIpc) is 2.43. The maximum absolute atomic E-state index is 12.6. The summed E-state index contributed by atoms with van der Waals surface area (Å²) < 4.78 is 2.97. The van der Waals surface area contributed by atoms with Gasteiger partial charge in [0.15, 0.2) is 0 Å². The Morgan fingerprint density at radius 2 is 1.89 bits per heavy atom. The molecule has 0 unspecified atom stereocenters. The summed E-state index contributed by atoms with van der Waals surface area (Å²) in [4.78, 5) is 12.6. The van der Waals surface area contributed by atoms with Crippen LogP contribution in [0.3, 0.4) is 0 Å². The summed E-state index contributed by atoms with van der Waals surface area (Å²) in [5, 5.41) is 1.85. The van der Waals surface area contributed by atoms with Crippen LogP contribution >= 0.6 is 15.9 Å². The minimum atomic E-state index is 0.158. The predicted molar refractivity (Wildman–Crippen MR) is 82.8 cm³/mol. The van der Waals surface area contributed by atoms with Gasteiger partial charge in [-0.15, -0.1) is 0 Å². The van der Waals surface area contributed by atoms with Crippen LogP contribution in [0.25, 0.3) is 10.8 Å². The van der Waals surface area contributed by atoms with Crippen LogP contribution in [0.15, 0.2) is 33.7 Å². The molecule has 0 bridgehead atoms. The molecule has 0 saturated heterocycles. The average molecular weight is 320 g/mol. The normalized spacial score (nSPS) is 16.9. The van der Waals surface area contributed by atoms with Crippen molar-refractivity contribution >= 4 is 26.7 Å². The molecule has 19 heavy (non-hydrogen) atoms. The Morgan fingerprint density at radius 1 is 1.16 bits per heavy atom. The Bertz CT molecular complexity index is 668. The molecule has 2 nitrogen and oxygen atoms in total. The lowest BCUT2D eigenvalue weighted by atomic mass is 9.95. The zero-order chi connectivity index (χ0) is 13.4. The van der Waals surface area contributed by atoms with Crippen LogP contribution in [-0.2, 0) is 0 Å². The van der Waals surface area contributed by atoms with E-state index in [4.69, 9.17) is 0 Å². The van der Waals surface area contributed by atoms with Gasteiger partial charge >= 0.3 is 0 Å². The SMILES string of the molecule is Cc1ccc2c(=O)n(C3CCCCC3)cc(Br)c2c1. The fraction of sp³-hybridized carbons (Fsp3) is 0.438. The number of aromatic nitrogens is 1. The molecule has 3 heteroatoms. The molecular formula is C16H18BrNO. The first-order valence-electron chi connectivity index (χ1n) is 6.98. The molecule has 100 valence electrons. The van der Waals surface area contributed by atoms with Gasteiger partial charge in [-0.1, -0.05) is 37.0 Å². The van der Waals surface area contributed by atoms with Gasteiger partial charge in [0.25, 0.3) is 5.56 Å². The third-order valence-electron chi connectivity index (χ3n) is 4.12. The third-order valence-corrected chi connectivity index (χ3v) is 4.75. The van der Waals surface area contributed by atoms with Gasteiger partial charge in [0.1, 0.15) is 0 Å². The number of benzene rings is 1. The molecule has 0 radical (unpaired) electrons. The first-order chi connectivity index (χ1) is 9.16. The Balaban J connectivity index is 2.19. The number of halogens is 1. The third kappa shape index (κ3) is 2.36. The summed E-state index contributed by atoms with van der Waals surface area (Å²) in [7, 11) is 0. The first-order valence-corrected chi connectivity index (χ1v) is 7.77. The fourth-order valence-electron chi connectivity index (χ4n) is 3.06. The van der Waals surface area contributed by atoms with Crippen LogP contribution in [0, 0.1) is 6.92 Å². The maximum atomic E-state index is 12.6. The monoisotopic (exact) mass is 319 g/mol. The standard InChI is InChI=1S/C16H18BrNO/c1-11-7-8-13-14(9-11)15(17)10-18(16(13)19)12-5-3-2-4-6-12/h7-10,12H,2-6H2,1H3. The highest BCUT2D eigenvalue weighted by atomic mass is 79.9. The van der Waals surface area contributed by atoms with Crippen molar-refractivity contribution in [3.8, 4) is 0 Å². The summed E-state index contributed by atoms with van der Waals surface area (Å²) in [6.45, 7) is 2.05. The number of fused-ring (bicyclic) bond motifs is 1. The quantitative estimate of drug-likeness (QED) is 0.754. The second kappa shape index (κ2) is 5.12. The van der Waals surface area contributed by atoms with Gasteiger partial charge in [-0.2, -0.15) is 0 Å². The lowest BCUT2D eigenvalue weighted by molar-refractivity contribution is 0.347. The first kappa shape index (κ1) is 12.9. The smallest absolute Gasteiger partial charge is 0.258 e. The number of nitrogens with zero attached hydrogens (tertiary/aromatic N) is 1. The minimum absolute atomic E-state index is 0.158. The van der Waals surface area contributed by atoms with Crippen LogP contribution in [0.2, 0.25) is 0 Å². The molecule has 0 spiro atoms. The molecule has 2 aromatic rings. The van der Waals surface area contributed by atoms with Crippen LogP contribution in [0.1, 0.15) is 43.7 Å². The lowest BCUT2D eigenvalue weighted by Gasteiger charge is -2.24. The van der Waals surface area contributed by atoms with Gasteiger partial charge in [0.2, 0.25) is 0 Å². The molecule has 1 fully saturated rings. The molecule has 1 aromatic carbocycles. The topological polar surface area (TPSA) is 22.0 Å². The van der Waals surface area contributed by atoms with E-state index in [1.165, 1.54) is 24.8 Å². The summed E-state index contributed by atoms with van der Waals surface area (Å²) in [5.41, 5.74) is 1.34. The second-order valence-electron chi connectivity index (χ2n) is 5.53. The highest BCUT2D eigenvalue weighted by Crippen LogP contribution is 2.30. The van der Waals surface area contributed by atoms with E-state index in [2.05, 4.69) is 28.9 Å². The predicted octanol–water partition coefficient (Wildman–Crippen LogP) is 4.58. The van der Waals surface area contributed by atoms with E-state index < -0.39 is 0 Å². The summed E-state index contributed by atoms with van der Waals surface area (Å²) in [5.74, 6) is 0. The van der Waals surface area contributed by atoms with Crippen LogP contribution < -0.4 is 5.56 Å². The van der Waals surface area contributed by atoms with Crippen LogP contribution in [0.4, 0.5) is 0 Å². The molecule has 1 aliphatic rings. The lowest BCUT2D eigenvalue weighted by Crippen LogP contribution is -2.26. The largest absolute Gasteiger partial charge is 0.311 e. The molecule has 0 amide bonds. The number of pyridine rings is 1. The van der Waals surface area contributed by atoms with E-state index in [1.54, 1.807) is 0 Å². The summed E-state index contributed by atoms with van der Waals surface area (Å²) in [6, 6.07) is 6.42. The van der Waals surface area contributed by atoms with Crippen LogP contribution in [0.5, 0.6) is 0 Å². The maximum Gasteiger partial charge on any atom is 0.258 e. The van der Waals surface area contributed by atoms with E-state index in [1.807, 2.05) is 22.9 Å². The molecular weight excluding hydrogens is 302 g/mol. The van der Waals surface area contributed by atoms with Crippen molar-refractivity contribution in [2.24, 2.45) is 0 Å². The number of hydrogen-bond donors (Lipinski definition) is 0. The van der Waals surface area contributed by atoms with Crippen molar-refractivity contribution in [2.45, 2.75) is 45.1 Å². The molecule has 1 saturated carbocycles. The zero-order valence-electron chi connectivity index (χ0n) is 11.2. The summed E-state index contributed by atoms with van der Waals surface area (Å²) in [6.07, 6.45) is 8.02. The van der Waals surface area contributed by atoms with E-state index in [-0.39, 0.29) is 5.56 Å². The highest BCUT2D eigenvalue weighted by Gasteiger charge is 2.18. The van der Waals surface area contributed by atoms with Crippen molar-refractivity contribution in [3.63, 3.8) is 0 Å². The Labute approximate surface area is 121 Å². The number of aryl methyl sites for hydroxylation is 1. The number of rotatable bonds is 1. The van der Waals surface area contributed by atoms with Crippen molar-refractivity contribution < 1.29 is 0 Å². The highest BCUT2D eigenvalue weighted by molar-refractivity contribution is 9.10. The van der Waals surface area contributed by atoms with Crippen molar-refractivity contribution in [2.75, 3.05) is 0 Å². The molecule has 0 atom stereocenters. The molecule has 1 aromatic heterocycles. The van der Waals surface area contributed by atoms with Gasteiger partial charge in [0, 0.05) is 27.5 Å². The van der Waals surface area contributed by atoms with Crippen molar-refractivity contribution in [3.05, 3.63) is 44.8 Å². The van der Waals surface area contributed by atoms with Gasteiger partial charge in [-0.25, -0.2) is 0 Å². The molecule has 1 heterocycles. The molecule has 1 aliphatic carbocycles. The molecule has 3 rings (SSSR count). The van der Waals surface area contributed by atoms with Crippen molar-refractivity contribution in [1.29, 1.82) is 0 Å². The van der Waals surface area contributed by atoms with E-state index in [0.29, 0.717) is 6.04 Å². The zero-order valence-corrected chi connectivity index (χ0v) is 12.7. The molecule has 0 aliphatic heterocycles.